The number of ketones is 1. The summed E-state index contributed by atoms with van der Waals surface area (Å²) in [7, 11) is 4.61. The third-order valence-electron chi connectivity index (χ3n) is 6.39. The maximum atomic E-state index is 13.2. The molecule has 0 radical (unpaired) electrons. The fraction of sp³-hybridized carbons (Fsp3) is 0.385. The van der Waals surface area contributed by atoms with Gasteiger partial charge in [0.15, 0.2) is 11.5 Å². The van der Waals surface area contributed by atoms with E-state index in [0.29, 0.717) is 54.7 Å². The summed E-state index contributed by atoms with van der Waals surface area (Å²) in [6.07, 6.45) is 0. The summed E-state index contributed by atoms with van der Waals surface area (Å²) in [6, 6.07) is 11.1. The Kier molecular flexibility index (Phi) is 7.57. The summed E-state index contributed by atoms with van der Waals surface area (Å²) in [6.45, 7) is 3.70. The second-order valence-electron chi connectivity index (χ2n) is 8.29. The van der Waals surface area contributed by atoms with Crippen molar-refractivity contribution in [2.24, 2.45) is 0 Å². The van der Waals surface area contributed by atoms with Crippen molar-refractivity contribution in [3.05, 3.63) is 59.2 Å². The van der Waals surface area contributed by atoms with Crippen LogP contribution in [-0.4, -0.2) is 87.3 Å². The summed E-state index contributed by atoms with van der Waals surface area (Å²) < 4.78 is 21.4. The molecule has 0 aliphatic carbocycles. The Hall–Kier alpha value is -3.56. The van der Waals surface area contributed by atoms with Crippen LogP contribution in [0, 0.1) is 0 Å². The standard InChI is InChI=1S/C26H30N2O7/c1-32-19-7-4-17(5-8-19)24(29)22-23(18-6-9-20(33-2)21(16-18)34-3)28(26(31)25(22)30)11-10-27-12-14-35-15-13-27/h4-9,16,23,29H,10-15H2,1-3H3/b24-22+/t23-/m0/s1. The van der Waals surface area contributed by atoms with Crippen LogP contribution in [0.5, 0.6) is 17.2 Å². The summed E-state index contributed by atoms with van der Waals surface area (Å²) in [5.41, 5.74) is 1.09. The molecule has 0 bridgehead atoms. The summed E-state index contributed by atoms with van der Waals surface area (Å²) in [4.78, 5) is 30.2. The van der Waals surface area contributed by atoms with E-state index < -0.39 is 17.7 Å². The first-order chi connectivity index (χ1) is 17.0. The Labute approximate surface area is 204 Å². The number of ether oxygens (including phenoxy) is 4. The molecule has 0 saturated carbocycles. The van der Waals surface area contributed by atoms with Gasteiger partial charge in [-0.25, -0.2) is 0 Å². The number of carbonyl (C=O) groups excluding carboxylic acids is 2. The highest BCUT2D eigenvalue weighted by Crippen LogP contribution is 2.42. The average molecular weight is 483 g/mol. The van der Waals surface area contributed by atoms with Crippen LogP contribution in [0.3, 0.4) is 0 Å². The summed E-state index contributed by atoms with van der Waals surface area (Å²) in [5, 5.41) is 11.2. The molecular weight excluding hydrogens is 452 g/mol. The molecule has 2 aromatic carbocycles. The number of morpholine rings is 1. The van der Waals surface area contributed by atoms with E-state index in [-0.39, 0.29) is 11.3 Å². The van der Waals surface area contributed by atoms with Gasteiger partial charge in [-0.05, 0) is 42.0 Å². The molecule has 1 amide bonds. The number of nitrogens with zero attached hydrogens (tertiary/aromatic N) is 2. The maximum Gasteiger partial charge on any atom is 0.295 e. The van der Waals surface area contributed by atoms with Gasteiger partial charge >= 0.3 is 0 Å². The second kappa shape index (κ2) is 10.8. The zero-order valence-corrected chi connectivity index (χ0v) is 20.2. The zero-order chi connectivity index (χ0) is 24.9. The molecule has 2 saturated heterocycles. The molecule has 1 N–H and O–H groups in total. The molecule has 9 heteroatoms. The number of hydrogen-bond donors (Lipinski definition) is 1. The lowest BCUT2D eigenvalue weighted by Gasteiger charge is -2.31. The quantitative estimate of drug-likeness (QED) is 0.348. The number of hydrogen-bond acceptors (Lipinski definition) is 8. The molecule has 35 heavy (non-hydrogen) atoms. The summed E-state index contributed by atoms with van der Waals surface area (Å²) in [5.74, 6) is 0.00156. The van der Waals surface area contributed by atoms with Crippen molar-refractivity contribution in [3.8, 4) is 17.2 Å². The molecule has 0 spiro atoms. The fourth-order valence-corrected chi connectivity index (χ4v) is 4.46. The number of carbonyl (C=O) groups is 2. The van der Waals surface area contributed by atoms with Gasteiger partial charge in [0.1, 0.15) is 11.5 Å². The lowest BCUT2D eigenvalue weighted by Crippen LogP contribution is -2.42. The van der Waals surface area contributed by atoms with E-state index in [0.717, 1.165) is 13.1 Å². The van der Waals surface area contributed by atoms with E-state index >= 15 is 0 Å². The van der Waals surface area contributed by atoms with Gasteiger partial charge in [0, 0.05) is 31.7 Å². The second-order valence-corrected chi connectivity index (χ2v) is 8.29. The average Bonchev–Trinajstić information content (AvgIpc) is 3.16. The van der Waals surface area contributed by atoms with E-state index in [9.17, 15) is 14.7 Å². The van der Waals surface area contributed by atoms with Crippen molar-refractivity contribution in [2.45, 2.75) is 6.04 Å². The first kappa shape index (κ1) is 24.6. The minimum atomic E-state index is -0.780. The number of benzene rings is 2. The summed E-state index contributed by atoms with van der Waals surface area (Å²) >= 11 is 0. The Morgan fingerprint density at radius 2 is 1.63 bits per heavy atom. The number of amides is 1. The molecule has 186 valence electrons. The van der Waals surface area contributed by atoms with Crippen LogP contribution in [0.4, 0.5) is 0 Å². The zero-order valence-electron chi connectivity index (χ0n) is 20.2. The molecule has 2 aliphatic heterocycles. The van der Waals surface area contributed by atoms with E-state index in [1.807, 2.05) is 0 Å². The largest absolute Gasteiger partial charge is 0.507 e. The predicted octanol–water partition coefficient (Wildman–Crippen LogP) is 2.47. The number of likely N-dealkylation sites (tertiary alicyclic amines) is 1. The van der Waals surface area contributed by atoms with Crippen LogP contribution in [0.25, 0.3) is 5.76 Å². The van der Waals surface area contributed by atoms with Gasteiger partial charge in [-0.3, -0.25) is 14.5 Å². The molecule has 0 unspecified atom stereocenters. The van der Waals surface area contributed by atoms with Gasteiger partial charge in [0.25, 0.3) is 11.7 Å². The highest BCUT2D eigenvalue weighted by molar-refractivity contribution is 6.46. The van der Waals surface area contributed by atoms with Crippen molar-refractivity contribution in [3.63, 3.8) is 0 Å². The minimum Gasteiger partial charge on any atom is -0.507 e. The molecule has 2 heterocycles. The molecular formula is C26H30N2O7. The molecule has 0 aromatic heterocycles. The van der Waals surface area contributed by atoms with Gasteiger partial charge in [0.2, 0.25) is 0 Å². The Morgan fingerprint density at radius 1 is 0.943 bits per heavy atom. The molecule has 1 atom stereocenters. The van der Waals surface area contributed by atoms with Crippen LogP contribution in [-0.2, 0) is 14.3 Å². The highest BCUT2D eigenvalue weighted by Gasteiger charge is 2.46. The number of aliphatic hydroxyl groups excluding tert-OH is 1. The smallest absolute Gasteiger partial charge is 0.295 e. The molecule has 2 fully saturated rings. The Bertz CT molecular complexity index is 1110. The number of rotatable bonds is 8. The van der Waals surface area contributed by atoms with Gasteiger partial charge in [-0.2, -0.15) is 0 Å². The van der Waals surface area contributed by atoms with E-state index in [4.69, 9.17) is 18.9 Å². The van der Waals surface area contributed by atoms with Crippen LogP contribution < -0.4 is 14.2 Å². The van der Waals surface area contributed by atoms with Gasteiger partial charge in [-0.15, -0.1) is 0 Å². The van der Waals surface area contributed by atoms with E-state index in [1.165, 1.54) is 19.1 Å². The van der Waals surface area contributed by atoms with Crippen LogP contribution in [0.2, 0.25) is 0 Å². The first-order valence-corrected chi connectivity index (χ1v) is 11.4. The van der Waals surface area contributed by atoms with Crippen LogP contribution >= 0.6 is 0 Å². The highest BCUT2D eigenvalue weighted by atomic mass is 16.5. The van der Waals surface area contributed by atoms with Crippen molar-refractivity contribution >= 4 is 17.4 Å². The molecule has 9 nitrogen and oxygen atoms in total. The van der Waals surface area contributed by atoms with Gasteiger partial charge in [0.05, 0.1) is 46.2 Å². The van der Waals surface area contributed by atoms with Crippen LogP contribution in [0.1, 0.15) is 17.2 Å². The van der Waals surface area contributed by atoms with Gasteiger partial charge < -0.3 is 29.0 Å². The molecule has 4 rings (SSSR count). The third-order valence-corrected chi connectivity index (χ3v) is 6.39. The number of methoxy groups -OCH3 is 3. The fourth-order valence-electron chi connectivity index (χ4n) is 4.46. The molecule has 2 aromatic rings. The lowest BCUT2D eigenvalue weighted by atomic mass is 9.95. The number of aliphatic hydroxyl groups is 1. The predicted molar refractivity (Wildman–Crippen MR) is 129 cm³/mol. The van der Waals surface area contributed by atoms with Crippen molar-refractivity contribution in [2.75, 3.05) is 60.7 Å². The SMILES string of the molecule is COc1ccc(/C(O)=C2\C(=O)C(=O)N(CCN3CCOCC3)[C@H]2c2ccc(OC)c(OC)c2)cc1. The topological polar surface area (TPSA) is 97.8 Å². The minimum absolute atomic E-state index is 0.0364. The Morgan fingerprint density at radius 3 is 2.26 bits per heavy atom. The Balaban J connectivity index is 1.77. The van der Waals surface area contributed by atoms with Crippen molar-refractivity contribution in [1.82, 2.24) is 9.80 Å². The van der Waals surface area contributed by atoms with E-state index in [2.05, 4.69) is 4.90 Å². The van der Waals surface area contributed by atoms with Gasteiger partial charge in [-0.1, -0.05) is 6.07 Å². The van der Waals surface area contributed by atoms with Crippen molar-refractivity contribution < 1.29 is 33.6 Å². The van der Waals surface area contributed by atoms with Crippen LogP contribution in [0.15, 0.2) is 48.0 Å². The lowest BCUT2D eigenvalue weighted by molar-refractivity contribution is -0.140. The van der Waals surface area contributed by atoms with E-state index in [1.54, 1.807) is 49.6 Å². The monoisotopic (exact) mass is 482 g/mol. The first-order valence-electron chi connectivity index (χ1n) is 11.4. The maximum absolute atomic E-state index is 13.2. The molecule has 2 aliphatic rings. The third kappa shape index (κ3) is 4.96. The normalized spacial score (nSPS) is 20.2. The van der Waals surface area contributed by atoms with Crippen molar-refractivity contribution in [1.29, 1.82) is 0 Å². The number of Topliss-reactive ketones (excluding diaryl/α,β-unsaturated/α-hetero) is 1.